The van der Waals surface area contributed by atoms with Crippen LogP contribution in [0.15, 0.2) is 54.6 Å². The van der Waals surface area contributed by atoms with E-state index in [-0.39, 0.29) is 11.6 Å². The van der Waals surface area contributed by atoms with Crippen LogP contribution in [0.2, 0.25) is 0 Å². The molecule has 0 unspecified atom stereocenters. The molecule has 0 radical (unpaired) electrons. The normalized spacial score (nSPS) is 10.8. The van der Waals surface area contributed by atoms with Crippen LogP contribution in [0.5, 0.6) is 5.75 Å². The lowest BCUT2D eigenvalue weighted by molar-refractivity contribution is 0.481. The van der Waals surface area contributed by atoms with Crippen molar-refractivity contribution in [3.8, 4) is 5.75 Å². The van der Waals surface area contributed by atoms with Gasteiger partial charge in [0, 0.05) is 23.0 Å². The number of aryl methyl sites for hydroxylation is 1. The average Bonchev–Trinajstić information content (AvgIpc) is 2.47. The molecular formula is C18H16FNO. The number of phenolic OH excluding ortho intramolecular Hbond substituents is 1. The second-order valence-electron chi connectivity index (χ2n) is 5.10. The lowest BCUT2D eigenvalue weighted by atomic mass is 10.1. The molecule has 0 atom stereocenters. The fraction of sp³-hybridized carbons (Fsp3) is 0.111. The maximum atomic E-state index is 13.1. The summed E-state index contributed by atoms with van der Waals surface area (Å²) in [5, 5.41) is 15.0. The summed E-state index contributed by atoms with van der Waals surface area (Å²) in [7, 11) is 0. The highest BCUT2D eigenvalue weighted by Gasteiger charge is 2.05. The van der Waals surface area contributed by atoms with E-state index >= 15 is 0 Å². The maximum absolute atomic E-state index is 13.1. The third-order valence-corrected chi connectivity index (χ3v) is 3.67. The molecule has 0 heterocycles. The van der Waals surface area contributed by atoms with Crippen LogP contribution in [0.25, 0.3) is 10.8 Å². The van der Waals surface area contributed by atoms with Crippen molar-refractivity contribution < 1.29 is 9.50 Å². The largest absolute Gasteiger partial charge is 0.507 e. The van der Waals surface area contributed by atoms with Gasteiger partial charge in [0.25, 0.3) is 0 Å². The van der Waals surface area contributed by atoms with Crippen molar-refractivity contribution >= 4 is 16.5 Å². The number of anilines is 1. The topological polar surface area (TPSA) is 32.3 Å². The third kappa shape index (κ3) is 2.68. The quantitative estimate of drug-likeness (QED) is 0.735. The van der Waals surface area contributed by atoms with Crippen molar-refractivity contribution in [2.45, 2.75) is 13.5 Å². The fourth-order valence-corrected chi connectivity index (χ4v) is 2.50. The molecule has 0 saturated carbocycles. The second-order valence-corrected chi connectivity index (χ2v) is 5.10. The molecular weight excluding hydrogens is 265 g/mol. The Balaban J connectivity index is 1.90. The highest BCUT2D eigenvalue weighted by molar-refractivity contribution is 5.97. The smallest absolute Gasteiger partial charge is 0.123 e. The van der Waals surface area contributed by atoms with Crippen LogP contribution in [0.1, 0.15) is 11.1 Å². The van der Waals surface area contributed by atoms with Gasteiger partial charge < -0.3 is 10.4 Å². The summed E-state index contributed by atoms with van der Waals surface area (Å²) in [5.41, 5.74) is 2.92. The molecule has 3 rings (SSSR count). The van der Waals surface area contributed by atoms with Crippen molar-refractivity contribution in [1.29, 1.82) is 0 Å². The molecule has 0 spiro atoms. The van der Waals surface area contributed by atoms with E-state index in [1.165, 1.54) is 12.1 Å². The van der Waals surface area contributed by atoms with E-state index in [1.54, 1.807) is 12.1 Å². The highest BCUT2D eigenvalue weighted by atomic mass is 19.1. The predicted molar refractivity (Wildman–Crippen MR) is 84.1 cm³/mol. The SMILES string of the molecule is Cc1cc(F)ccc1CNc1cccc2c(O)cccc12. The first kappa shape index (κ1) is 13.4. The van der Waals surface area contributed by atoms with Gasteiger partial charge in [-0.15, -0.1) is 0 Å². The van der Waals surface area contributed by atoms with E-state index in [2.05, 4.69) is 5.32 Å². The van der Waals surface area contributed by atoms with Gasteiger partial charge in [0.05, 0.1) is 0 Å². The number of fused-ring (bicyclic) bond motifs is 1. The van der Waals surface area contributed by atoms with Gasteiger partial charge in [-0.25, -0.2) is 4.39 Å². The second kappa shape index (κ2) is 5.44. The molecule has 0 aliphatic heterocycles. The van der Waals surface area contributed by atoms with Gasteiger partial charge in [-0.2, -0.15) is 0 Å². The Morgan fingerprint density at radius 3 is 2.57 bits per heavy atom. The summed E-state index contributed by atoms with van der Waals surface area (Å²) < 4.78 is 13.1. The first-order chi connectivity index (χ1) is 10.1. The molecule has 0 bridgehead atoms. The minimum Gasteiger partial charge on any atom is -0.507 e. The molecule has 0 aromatic heterocycles. The third-order valence-electron chi connectivity index (χ3n) is 3.67. The summed E-state index contributed by atoms with van der Waals surface area (Å²) in [6.45, 7) is 2.51. The molecule has 3 aromatic carbocycles. The standard InChI is InChI=1S/C18H16FNO/c1-12-10-14(19)9-8-13(12)11-20-17-6-2-5-16-15(17)4-3-7-18(16)21/h2-10,20-21H,11H2,1H3. The van der Waals surface area contributed by atoms with Crippen LogP contribution in [-0.2, 0) is 6.54 Å². The fourth-order valence-electron chi connectivity index (χ4n) is 2.50. The Kier molecular flexibility index (Phi) is 3.48. The van der Waals surface area contributed by atoms with Gasteiger partial charge in [0.15, 0.2) is 0 Å². The van der Waals surface area contributed by atoms with Crippen molar-refractivity contribution in [3.05, 3.63) is 71.5 Å². The van der Waals surface area contributed by atoms with Crippen molar-refractivity contribution in [2.24, 2.45) is 0 Å². The van der Waals surface area contributed by atoms with E-state index in [0.717, 1.165) is 27.6 Å². The number of aromatic hydroxyl groups is 1. The summed E-state index contributed by atoms with van der Waals surface area (Å²) >= 11 is 0. The van der Waals surface area contributed by atoms with Gasteiger partial charge in [-0.05, 0) is 42.3 Å². The number of hydrogen-bond donors (Lipinski definition) is 2. The number of rotatable bonds is 3. The van der Waals surface area contributed by atoms with E-state index in [0.29, 0.717) is 6.54 Å². The summed E-state index contributed by atoms with van der Waals surface area (Å²) in [6, 6.07) is 16.0. The Morgan fingerprint density at radius 1 is 1.00 bits per heavy atom. The van der Waals surface area contributed by atoms with E-state index < -0.39 is 0 Å². The first-order valence-electron chi connectivity index (χ1n) is 6.85. The zero-order chi connectivity index (χ0) is 14.8. The molecule has 0 aliphatic rings. The average molecular weight is 281 g/mol. The molecule has 106 valence electrons. The van der Waals surface area contributed by atoms with Gasteiger partial charge >= 0.3 is 0 Å². The molecule has 0 amide bonds. The monoisotopic (exact) mass is 281 g/mol. The lowest BCUT2D eigenvalue weighted by Gasteiger charge is -2.12. The molecule has 0 aliphatic carbocycles. The molecule has 2 N–H and O–H groups in total. The Bertz CT molecular complexity index is 798. The number of phenols is 1. The minimum atomic E-state index is -0.216. The van der Waals surface area contributed by atoms with Crippen LogP contribution in [0.4, 0.5) is 10.1 Å². The summed E-state index contributed by atoms with van der Waals surface area (Å²) in [4.78, 5) is 0. The summed E-state index contributed by atoms with van der Waals surface area (Å²) in [5.74, 6) is 0.0560. The van der Waals surface area contributed by atoms with Crippen molar-refractivity contribution in [2.75, 3.05) is 5.32 Å². The van der Waals surface area contributed by atoms with E-state index in [9.17, 15) is 9.50 Å². The molecule has 3 aromatic rings. The van der Waals surface area contributed by atoms with Crippen molar-refractivity contribution in [3.63, 3.8) is 0 Å². The Hall–Kier alpha value is -2.55. The van der Waals surface area contributed by atoms with E-state index in [1.807, 2.05) is 37.3 Å². The molecule has 2 nitrogen and oxygen atoms in total. The maximum Gasteiger partial charge on any atom is 0.123 e. The molecule has 21 heavy (non-hydrogen) atoms. The van der Waals surface area contributed by atoms with Gasteiger partial charge in [0.1, 0.15) is 11.6 Å². The number of hydrogen-bond acceptors (Lipinski definition) is 2. The number of benzene rings is 3. The van der Waals surface area contributed by atoms with Crippen LogP contribution >= 0.6 is 0 Å². The highest BCUT2D eigenvalue weighted by Crippen LogP contribution is 2.30. The first-order valence-corrected chi connectivity index (χ1v) is 6.85. The van der Waals surface area contributed by atoms with Crippen molar-refractivity contribution in [1.82, 2.24) is 0 Å². The number of halogens is 1. The van der Waals surface area contributed by atoms with Crippen LogP contribution in [0, 0.1) is 12.7 Å². The molecule has 3 heteroatoms. The zero-order valence-electron chi connectivity index (χ0n) is 11.7. The molecule has 0 saturated heterocycles. The zero-order valence-corrected chi connectivity index (χ0v) is 11.7. The van der Waals surface area contributed by atoms with Gasteiger partial charge in [0.2, 0.25) is 0 Å². The van der Waals surface area contributed by atoms with Gasteiger partial charge in [-0.3, -0.25) is 0 Å². The van der Waals surface area contributed by atoms with Crippen LogP contribution < -0.4 is 5.32 Å². The lowest BCUT2D eigenvalue weighted by Crippen LogP contribution is -2.02. The Morgan fingerprint density at radius 2 is 1.76 bits per heavy atom. The van der Waals surface area contributed by atoms with E-state index in [4.69, 9.17) is 0 Å². The summed E-state index contributed by atoms with van der Waals surface area (Å²) in [6.07, 6.45) is 0. The van der Waals surface area contributed by atoms with Crippen LogP contribution in [-0.4, -0.2) is 5.11 Å². The Labute approximate surface area is 122 Å². The van der Waals surface area contributed by atoms with Crippen LogP contribution in [0.3, 0.4) is 0 Å². The number of nitrogens with one attached hydrogen (secondary N) is 1. The molecule has 0 fully saturated rings. The predicted octanol–water partition coefficient (Wildman–Crippen LogP) is 4.61. The van der Waals surface area contributed by atoms with Gasteiger partial charge in [-0.1, -0.05) is 30.3 Å². The minimum absolute atomic E-state index is 0.216.